The molecular formula is C12H9BrClN3O. The van der Waals surface area contributed by atoms with Crippen molar-refractivity contribution in [3.05, 3.63) is 41.6 Å². The van der Waals surface area contributed by atoms with Crippen LogP contribution in [-0.4, -0.2) is 21.2 Å². The first-order valence-electron chi connectivity index (χ1n) is 5.15. The number of nitrogens with one attached hydrogen (secondary N) is 1. The van der Waals surface area contributed by atoms with E-state index in [0.29, 0.717) is 11.6 Å². The second kappa shape index (κ2) is 5.93. The number of amides is 1. The maximum atomic E-state index is 11.3. The van der Waals surface area contributed by atoms with Gasteiger partial charge in [-0.2, -0.15) is 0 Å². The van der Waals surface area contributed by atoms with Gasteiger partial charge in [-0.3, -0.25) is 4.79 Å². The summed E-state index contributed by atoms with van der Waals surface area (Å²) in [5.74, 6) is 0.676. The summed E-state index contributed by atoms with van der Waals surface area (Å²) in [5.41, 5.74) is 0.842. The molecule has 1 amide bonds. The highest BCUT2D eigenvalue weighted by Crippen LogP contribution is 2.19. The molecule has 4 nitrogen and oxygen atoms in total. The summed E-state index contributed by atoms with van der Waals surface area (Å²) in [6.07, 6.45) is 0. The number of hydrogen-bond donors (Lipinski definition) is 1. The van der Waals surface area contributed by atoms with E-state index in [1.54, 1.807) is 0 Å². The minimum atomic E-state index is -0.191. The third-order valence-electron chi connectivity index (χ3n) is 2.12. The molecule has 0 radical (unpaired) electrons. The van der Waals surface area contributed by atoms with Gasteiger partial charge in [0.2, 0.25) is 5.91 Å². The van der Waals surface area contributed by atoms with E-state index in [9.17, 15) is 4.79 Å². The monoisotopic (exact) mass is 325 g/mol. The van der Waals surface area contributed by atoms with Gasteiger partial charge in [-0.25, -0.2) is 9.97 Å². The van der Waals surface area contributed by atoms with Gasteiger partial charge < -0.3 is 5.32 Å². The van der Waals surface area contributed by atoms with Gasteiger partial charge in [0.15, 0.2) is 5.82 Å². The SMILES string of the molecule is O=C(CBr)Nc1cc(Cl)nc(-c2ccccc2)n1. The molecule has 1 aromatic carbocycles. The molecule has 0 aliphatic carbocycles. The van der Waals surface area contributed by atoms with Crippen LogP contribution in [0.2, 0.25) is 5.15 Å². The number of aromatic nitrogens is 2. The predicted molar refractivity (Wildman–Crippen MR) is 74.9 cm³/mol. The van der Waals surface area contributed by atoms with E-state index >= 15 is 0 Å². The fraction of sp³-hybridized carbons (Fsp3) is 0.0833. The van der Waals surface area contributed by atoms with Gasteiger partial charge in [-0.05, 0) is 0 Å². The topological polar surface area (TPSA) is 54.9 Å². The zero-order chi connectivity index (χ0) is 13.0. The minimum Gasteiger partial charge on any atom is -0.310 e. The molecule has 0 fully saturated rings. The molecule has 18 heavy (non-hydrogen) atoms. The Morgan fingerprint density at radius 3 is 2.67 bits per heavy atom. The highest BCUT2D eigenvalue weighted by Gasteiger charge is 2.07. The number of benzene rings is 1. The van der Waals surface area contributed by atoms with Gasteiger partial charge in [0.1, 0.15) is 11.0 Å². The Morgan fingerprint density at radius 1 is 1.28 bits per heavy atom. The molecule has 0 saturated heterocycles. The third kappa shape index (κ3) is 3.27. The van der Waals surface area contributed by atoms with Gasteiger partial charge in [-0.1, -0.05) is 57.9 Å². The fourth-order valence-electron chi connectivity index (χ4n) is 1.37. The van der Waals surface area contributed by atoms with Crippen molar-refractivity contribution in [3.63, 3.8) is 0 Å². The smallest absolute Gasteiger partial charge is 0.236 e. The average molecular weight is 327 g/mol. The van der Waals surface area contributed by atoms with E-state index in [4.69, 9.17) is 11.6 Å². The zero-order valence-electron chi connectivity index (χ0n) is 9.23. The number of hydrogen-bond acceptors (Lipinski definition) is 3. The van der Waals surface area contributed by atoms with Gasteiger partial charge >= 0.3 is 0 Å². The number of anilines is 1. The van der Waals surface area contributed by atoms with E-state index in [0.717, 1.165) is 5.56 Å². The number of halogens is 2. The molecule has 6 heteroatoms. The van der Waals surface area contributed by atoms with E-state index in [1.165, 1.54) is 6.07 Å². The largest absolute Gasteiger partial charge is 0.310 e. The lowest BCUT2D eigenvalue weighted by Crippen LogP contribution is -2.13. The Balaban J connectivity index is 2.35. The summed E-state index contributed by atoms with van der Waals surface area (Å²) in [5, 5.41) is 3.11. The molecule has 1 heterocycles. The summed E-state index contributed by atoms with van der Waals surface area (Å²) in [4.78, 5) is 19.7. The Hall–Kier alpha value is -1.46. The first-order chi connectivity index (χ1) is 8.69. The molecule has 0 aliphatic rings. The van der Waals surface area contributed by atoms with Gasteiger partial charge in [0.05, 0.1) is 5.33 Å². The quantitative estimate of drug-likeness (QED) is 0.696. The van der Waals surface area contributed by atoms with E-state index < -0.39 is 0 Å². The van der Waals surface area contributed by atoms with Crippen molar-refractivity contribution in [2.75, 3.05) is 10.6 Å². The lowest BCUT2D eigenvalue weighted by atomic mass is 10.2. The molecule has 2 aromatic rings. The van der Waals surface area contributed by atoms with Crippen LogP contribution in [0.15, 0.2) is 36.4 Å². The Morgan fingerprint density at radius 2 is 2.00 bits per heavy atom. The van der Waals surface area contributed by atoms with Gasteiger partial charge in [0, 0.05) is 11.6 Å². The molecule has 1 aromatic heterocycles. The van der Waals surface area contributed by atoms with Crippen LogP contribution in [0.25, 0.3) is 11.4 Å². The first-order valence-corrected chi connectivity index (χ1v) is 6.65. The fourth-order valence-corrected chi connectivity index (χ4v) is 1.70. The molecule has 0 unspecified atom stereocenters. The van der Waals surface area contributed by atoms with Crippen LogP contribution in [0.1, 0.15) is 0 Å². The molecular weight excluding hydrogens is 318 g/mol. The molecule has 92 valence electrons. The number of rotatable bonds is 3. The average Bonchev–Trinajstić information content (AvgIpc) is 2.39. The second-order valence-corrected chi connectivity index (χ2v) is 4.40. The lowest BCUT2D eigenvalue weighted by molar-refractivity contribution is -0.113. The Bertz CT molecular complexity index is 563. The zero-order valence-corrected chi connectivity index (χ0v) is 11.6. The van der Waals surface area contributed by atoms with Crippen LogP contribution in [-0.2, 0) is 4.79 Å². The van der Waals surface area contributed by atoms with Crippen molar-refractivity contribution in [2.45, 2.75) is 0 Å². The standard InChI is InChI=1S/C12H9BrClN3O/c13-7-11(18)16-10-6-9(14)15-12(17-10)8-4-2-1-3-5-8/h1-6H,7H2,(H,15,16,17,18). The summed E-state index contributed by atoms with van der Waals surface area (Å²) in [7, 11) is 0. The van der Waals surface area contributed by atoms with Crippen LogP contribution in [0.4, 0.5) is 5.82 Å². The molecule has 0 atom stereocenters. The summed E-state index contributed by atoms with van der Waals surface area (Å²) in [6, 6.07) is 10.9. The maximum Gasteiger partial charge on any atom is 0.236 e. The van der Waals surface area contributed by atoms with Gasteiger partial charge in [0.25, 0.3) is 0 Å². The molecule has 2 rings (SSSR count). The molecule has 0 spiro atoms. The molecule has 0 aliphatic heterocycles. The highest BCUT2D eigenvalue weighted by molar-refractivity contribution is 9.09. The van der Waals surface area contributed by atoms with Crippen LogP contribution in [0, 0.1) is 0 Å². The van der Waals surface area contributed by atoms with Crippen molar-refractivity contribution in [2.24, 2.45) is 0 Å². The lowest BCUT2D eigenvalue weighted by Gasteiger charge is -2.05. The Labute approximate surface area is 118 Å². The number of alkyl halides is 1. The highest BCUT2D eigenvalue weighted by atomic mass is 79.9. The normalized spacial score (nSPS) is 10.1. The maximum absolute atomic E-state index is 11.3. The molecule has 0 bridgehead atoms. The van der Waals surface area contributed by atoms with Crippen molar-refractivity contribution in [1.29, 1.82) is 0 Å². The van der Waals surface area contributed by atoms with Crippen LogP contribution >= 0.6 is 27.5 Å². The first kappa shape index (κ1) is 13.0. The van der Waals surface area contributed by atoms with Crippen LogP contribution in [0.5, 0.6) is 0 Å². The van der Waals surface area contributed by atoms with Crippen LogP contribution in [0.3, 0.4) is 0 Å². The minimum absolute atomic E-state index is 0.191. The number of carbonyl (C=O) groups is 1. The third-order valence-corrected chi connectivity index (χ3v) is 2.82. The van der Waals surface area contributed by atoms with Gasteiger partial charge in [-0.15, -0.1) is 0 Å². The van der Waals surface area contributed by atoms with Crippen molar-refractivity contribution in [3.8, 4) is 11.4 Å². The second-order valence-electron chi connectivity index (χ2n) is 3.45. The summed E-state index contributed by atoms with van der Waals surface area (Å²) >= 11 is 8.98. The number of nitrogens with zero attached hydrogens (tertiary/aromatic N) is 2. The van der Waals surface area contributed by atoms with Crippen molar-refractivity contribution in [1.82, 2.24) is 9.97 Å². The summed E-state index contributed by atoms with van der Waals surface area (Å²) < 4.78 is 0. The van der Waals surface area contributed by atoms with E-state index in [-0.39, 0.29) is 16.4 Å². The number of carbonyl (C=O) groups excluding carboxylic acids is 1. The predicted octanol–water partition coefficient (Wildman–Crippen LogP) is 3.13. The summed E-state index contributed by atoms with van der Waals surface area (Å²) in [6.45, 7) is 0. The molecule has 0 saturated carbocycles. The van der Waals surface area contributed by atoms with E-state index in [1.807, 2.05) is 30.3 Å². The Kier molecular flexibility index (Phi) is 4.28. The van der Waals surface area contributed by atoms with Crippen molar-refractivity contribution < 1.29 is 4.79 Å². The molecule has 1 N–H and O–H groups in total. The van der Waals surface area contributed by atoms with E-state index in [2.05, 4.69) is 31.2 Å². The van der Waals surface area contributed by atoms with Crippen molar-refractivity contribution >= 4 is 39.3 Å². The van der Waals surface area contributed by atoms with Crippen LogP contribution < -0.4 is 5.32 Å².